The number of ketones is 1. The van der Waals surface area contributed by atoms with E-state index in [-0.39, 0.29) is 5.78 Å². The lowest BCUT2D eigenvalue weighted by atomic mass is 10.0. The highest BCUT2D eigenvalue weighted by Crippen LogP contribution is 2.15. The zero-order chi connectivity index (χ0) is 21.7. The summed E-state index contributed by atoms with van der Waals surface area (Å²) in [6.07, 6.45) is 26.3. The molecule has 0 aliphatic carbocycles. The largest absolute Gasteiger partial charge is 0.516 e. The topological polar surface area (TPSA) is 52.9 Å². The van der Waals surface area contributed by atoms with E-state index in [0.717, 1.165) is 25.6 Å². The van der Waals surface area contributed by atoms with Crippen LogP contribution in [0.2, 0.25) is 0 Å². The highest BCUT2D eigenvalue weighted by molar-refractivity contribution is 6.39. The molecule has 1 heterocycles. The van der Waals surface area contributed by atoms with Gasteiger partial charge in [0.25, 0.3) is 0 Å². The zero-order valence-corrected chi connectivity index (χ0v) is 19.8. The van der Waals surface area contributed by atoms with Crippen LogP contribution in [0.3, 0.4) is 0 Å². The number of aliphatic hydroxyl groups is 1. The van der Waals surface area contributed by atoms with Crippen molar-refractivity contribution < 1.29 is 9.90 Å². The van der Waals surface area contributed by atoms with Crippen molar-refractivity contribution in [3.8, 4) is 0 Å². The van der Waals surface area contributed by atoms with Gasteiger partial charge < -0.3 is 10.0 Å². The minimum atomic E-state index is 0.166. The van der Waals surface area contributed by atoms with Crippen molar-refractivity contribution in [2.24, 2.45) is 4.99 Å². The number of aliphatic hydroxyl groups excluding tert-OH is 1. The minimum absolute atomic E-state index is 0.166. The SMILES string of the molecule is CCCCCCCCCCCCCCCCCCCC(=O)C1=NCCN1CC=CO. The van der Waals surface area contributed by atoms with Crippen LogP contribution in [0.1, 0.15) is 122 Å². The van der Waals surface area contributed by atoms with Gasteiger partial charge in [-0.3, -0.25) is 9.79 Å². The molecule has 0 radical (unpaired) electrons. The summed E-state index contributed by atoms with van der Waals surface area (Å²) in [4.78, 5) is 18.6. The Morgan fingerprint density at radius 1 is 0.833 bits per heavy atom. The van der Waals surface area contributed by atoms with Crippen molar-refractivity contribution in [2.75, 3.05) is 19.6 Å². The Labute approximate surface area is 186 Å². The maximum Gasteiger partial charge on any atom is 0.197 e. The van der Waals surface area contributed by atoms with Crippen molar-refractivity contribution in [1.29, 1.82) is 0 Å². The molecule has 0 atom stereocenters. The number of carbonyl (C=O) groups is 1. The summed E-state index contributed by atoms with van der Waals surface area (Å²) >= 11 is 0. The second kappa shape index (κ2) is 19.6. The number of Topliss-reactive ketones (excluding diaryl/α,β-unsaturated/α-hetero) is 1. The third-order valence-corrected chi connectivity index (χ3v) is 6.12. The fourth-order valence-corrected chi connectivity index (χ4v) is 4.22. The van der Waals surface area contributed by atoms with E-state index >= 15 is 0 Å². The lowest BCUT2D eigenvalue weighted by Gasteiger charge is -2.16. The normalized spacial score (nSPS) is 14.0. The lowest BCUT2D eigenvalue weighted by molar-refractivity contribution is -0.113. The summed E-state index contributed by atoms with van der Waals surface area (Å²) in [6, 6.07) is 0. The molecule has 0 saturated heterocycles. The van der Waals surface area contributed by atoms with Gasteiger partial charge in [0, 0.05) is 19.5 Å². The molecule has 0 aromatic carbocycles. The first-order valence-electron chi connectivity index (χ1n) is 12.9. The second-order valence-electron chi connectivity index (χ2n) is 8.87. The van der Waals surface area contributed by atoms with Gasteiger partial charge in [0.15, 0.2) is 11.6 Å². The van der Waals surface area contributed by atoms with Gasteiger partial charge in [-0.05, 0) is 12.5 Å². The fourth-order valence-electron chi connectivity index (χ4n) is 4.22. The van der Waals surface area contributed by atoms with E-state index in [4.69, 9.17) is 5.11 Å². The summed E-state index contributed by atoms with van der Waals surface area (Å²) in [5.41, 5.74) is 0. The molecular formula is C26H48N2O2. The van der Waals surface area contributed by atoms with Crippen LogP contribution >= 0.6 is 0 Å². The Kier molecular flexibility index (Phi) is 17.5. The zero-order valence-electron chi connectivity index (χ0n) is 19.8. The molecule has 1 aliphatic rings. The van der Waals surface area contributed by atoms with Crippen LogP contribution < -0.4 is 0 Å². The Hall–Kier alpha value is -1.32. The van der Waals surface area contributed by atoms with Crippen molar-refractivity contribution in [3.63, 3.8) is 0 Å². The molecule has 0 spiro atoms. The number of hydrogen-bond donors (Lipinski definition) is 1. The molecule has 4 nitrogen and oxygen atoms in total. The molecule has 0 amide bonds. The Morgan fingerprint density at radius 3 is 1.77 bits per heavy atom. The van der Waals surface area contributed by atoms with Gasteiger partial charge in [0.1, 0.15) is 0 Å². The third-order valence-electron chi connectivity index (χ3n) is 6.12. The van der Waals surface area contributed by atoms with Gasteiger partial charge in [-0.2, -0.15) is 0 Å². The van der Waals surface area contributed by atoms with E-state index in [1.54, 1.807) is 6.08 Å². The Balaban J connectivity index is 1.83. The summed E-state index contributed by atoms with van der Waals surface area (Å²) in [5, 5.41) is 8.79. The number of nitrogens with zero attached hydrogens (tertiary/aromatic N) is 2. The molecule has 0 aromatic rings. The van der Waals surface area contributed by atoms with Gasteiger partial charge in [-0.1, -0.05) is 110 Å². The fraction of sp³-hybridized carbons (Fsp3) is 0.846. The molecule has 0 unspecified atom stereocenters. The number of aliphatic imine (C=N–C) groups is 1. The number of amidine groups is 1. The molecule has 4 heteroatoms. The van der Waals surface area contributed by atoms with Crippen molar-refractivity contribution >= 4 is 11.6 Å². The van der Waals surface area contributed by atoms with E-state index in [1.807, 2.05) is 4.90 Å². The molecule has 1 N–H and O–H groups in total. The summed E-state index contributed by atoms with van der Waals surface area (Å²) in [7, 11) is 0. The lowest BCUT2D eigenvalue weighted by Crippen LogP contribution is -2.33. The highest BCUT2D eigenvalue weighted by Gasteiger charge is 2.21. The molecule has 0 fully saturated rings. The standard InChI is InChI=1S/C26H48N2O2/c1-2-3-4-5-6-7-8-9-10-11-12-13-14-15-16-17-18-20-25(30)26-27-21-23-28(26)22-19-24-29/h19,24,29H,2-18,20-23H2,1H3. The van der Waals surface area contributed by atoms with E-state index in [9.17, 15) is 4.79 Å². The van der Waals surface area contributed by atoms with E-state index in [2.05, 4.69) is 11.9 Å². The van der Waals surface area contributed by atoms with Crippen molar-refractivity contribution in [1.82, 2.24) is 4.90 Å². The first kappa shape index (κ1) is 26.7. The molecular weight excluding hydrogens is 372 g/mol. The van der Waals surface area contributed by atoms with Crippen molar-refractivity contribution in [2.45, 2.75) is 122 Å². The maximum atomic E-state index is 12.3. The quantitative estimate of drug-likeness (QED) is 0.156. The van der Waals surface area contributed by atoms with Gasteiger partial charge in [-0.15, -0.1) is 0 Å². The van der Waals surface area contributed by atoms with Gasteiger partial charge in [0.2, 0.25) is 0 Å². The average molecular weight is 421 g/mol. The molecule has 0 saturated carbocycles. The first-order chi connectivity index (χ1) is 14.8. The molecule has 1 aliphatic heterocycles. The van der Waals surface area contributed by atoms with Gasteiger partial charge in [0.05, 0.1) is 12.8 Å². The van der Waals surface area contributed by atoms with E-state index < -0.39 is 0 Å². The third kappa shape index (κ3) is 13.8. The Bertz CT molecular complexity index is 474. The predicted octanol–water partition coefficient (Wildman–Crippen LogP) is 7.38. The Morgan fingerprint density at radius 2 is 1.30 bits per heavy atom. The van der Waals surface area contributed by atoms with E-state index in [1.165, 1.54) is 96.3 Å². The molecule has 30 heavy (non-hydrogen) atoms. The number of hydrogen-bond acceptors (Lipinski definition) is 4. The van der Waals surface area contributed by atoms with Crippen LogP contribution in [-0.4, -0.2) is 41.3 Å². The smallest absolute Gasteiger partial charge is 0.197 e. The second-order valence-corrected chi connectivity index (χ2v) is 8.87. The molecule has 1 rings (SSSR count). The number of unbranched alkanes of at least 4 members (excludes halogenated alkanes) is 16. The van der Waals surface area contributed by atoms with Gasteiger partial charge in [-0.25, -0.2) is 0 Å². The van der Waals surface area contributed by atoms with Crippen LogP contribution in [0.4, 0.5) is 0 Å². The van der Waals surface area contributed by atoms with Crippen LogP contribution in [0.5, 0.6) is 0 Å². The number of rotatable bonds is 21. The van der Waals surface area contributed by atoms with E-state index in [0.29, 0.717) is 25.3 Å². The number of carbonyl (C=O) groups excluding carboxylic acids is 1. The first-order valence-corrected chi connectivity index (χ1v) is 12.9. The monoisotopic (exact) mass is 420 g/mol. The molecule has 0 bridgehead atoms. The van der Waals surface area contributed by atoms with Crippen LogP contribution in [0.25, 0.3) is 0 Å². The predicted molar refractivity (Wildman–Crippen MR) is 129 cm³/mol. The summed E-state index contributed by atoms with van der Waals surface area (Å²) in [6.45, 7) is 4.33. The van der Waals surface area contributed by atoms with Gasteiger partial charge >= 0.3 is 0 Å². The average Bonchev–Trinajstić information content (AvgIpc) is 3.23. The maximum absolute atomic E-state index is 12.3. The van der Waals surface area contributed by atoms with Crippen molar-refractivity contribution in [3.05, 3.63) is 12.3 Å². The van der Waals surface area contributed by atoms with Crippen LogP contribution in [-0.2, 0) is 4.79 Å². The molecule has 0 aromatic heterocycles. The molecule has 174 valence electrons. The summed E-state index contributed by atoms with van der Waals surface area (Å²) in [5.74, 6) is 0.782. The minimum Gasteiger partial charge on any atom is -0.516 e. The van der Waals surface area contributed by atoms with Crippen LogP contribution in [0.15, 0.2) is 17.3 Å². The summed E-state index contributed by atoms with van der Waals surface area (Å²) < 4.78 is 0. The van der Waals surface area contributed by atoms with Crippen LogP contribution in [0, 0.1) is 0 Å². The highest BCUT2D eigenvalue weighted by atomic mass is 16.2.